The van der Waals surface area contributed by atoms with Crippen LogP contribution in [0, 0.1) is 18.3 Å². The molecule has 0 unspecified atom stereocenters. The van der Waals surface area contributed by atoms with Gasteiger partial charge in [-0.05, 0) is 72.9 Å². The summed E-state index contributed by atoms with van der Waals surface area (Å²) in [6, 6.07) is 11.7. The van der Waals surface area contributed by atoms with Gasteiger partial charge in [0.05, 0.1) is 25.3 Å². The first-order valence-electron chi connectivity index (χ1n) is 12.6. The number of aliphatic hydroxyl groups excluding tert-OH is 1. The number of amidine groups is 1. The Kier molecular flexibility index (Phi) is 9.57. The van der Waals surface area contributed by atoms with Gasteiger partial charge < -0.3 is 31.3 Å². The van der Waals surface area contributed by atoms with E-state index in [-0.39, 0.29) is 52.2 Å². The number of hydrogen-bond donors (Lipinski definition) is 6. The molecule has 0 aliphatic carbocycles. The van der Waals surface area contributed by atoms with Crippen LogP contribution in [0.15, 0.2) is 48.5 Å². The summed E-state index contributed by atoms with van der Waals surface area (Å²) in [4.78, 5) is 43.0. The number of rotatable bonds is 11. The molecule has 2 aromatic carbocycles. The molecule has 0 saturated heterocycles. The van der Waals surface area contributed by atoms with E-state index in [1.165, 1.54) is 31.4 Å². The summed E-state index contributed by atoms with van der Waals surface area (Å²) in [5.41, 5.74) is 7.11. The van der Waals surface area contributed by atoms with Crippen molar-refractivity contribution in [1.82, 2.24) is 10.3 Å². The highest BCUT2D eigenvalue weighted by Crippen LogP contribution is 2.31. The fraction of sp³-hybridized carbons (Fsp3) is 0.276. The first-order chi connectivity index (χ1) is 18.9. The number of ether oxygens (including phenoxy) is 1. The van der Waals surface area contributed by atoms with Crippen molar-refractivity contribution in [2.24, 2.45) is 11.7 Å². The summed E-state index contributed by atoms with van der Waals surface area (Å²) in [6.45, 7) is 5.35. The van der Waals surface area contributed by atoms with Crippen molar-refractivity contribution >= 4 is 29.3 Å². The Morgan fingerprint density at radius 3 is 2.25 bits per heavy atom. The molecule has 1 aromatic heterocycles. The van der Waals surface area contributed by atoms with Crippen molar-refractivity contribution in [3.05, 3.63) is 76.5 Å². The lowest BCUT2D eigenvalue weighted by molar-refractivity contribution is 0.0697. The van der Waals surface area contributed by atoms with Crippen molar-refractivity contribution in [3.8, 4) is 17.0 Å². The molecule has 210 valence electrons. The molecule has 0 aliphatic rings. The molecule has 0 aliphatic heterocycles. The quantitative estimate of drug-likeness (QED) is 0.155. The minimum absolute atomic E-state index is 0.0913. The maximum atomic E-state index is 13.3. The summed E-state index contributed by atoms with van der Waals surface area (Å²) in [5, 5.41) is 32.7. The second-order valence-corrected chi connectivity index (χ2v) is 9.70. The first kappa shape index (κ1) is 29.8. The third-order valence-corrected chi connectivity index (χ3v) is 6.19. The van der Waals surface area contributed by atoms with Gasteiger partial charge in [-0.15, -0.1) is 0 Å². The summed E-state index contributed by atoms with van der Waals surface area (Å²) < 4.78 is 5.20. The lowest BCUT2D eigenvalue weighted by Crippen LogP contribution is -2.38. The zero-order valence-corrected chi connectivity index (χ0v) is 22.7. The zero-order valence-electron chi connectivity index (χ0n) is 22.7. The second-order valence-electron chi connectivity index (χ2n) is 9.70. The van der Waals surface area contributed by atoms with E-state index in [9.17, 15) is 24.6 Å². The van der Waals surface area contributed by atoms with Gasteiger partial charge in [-0.3, -0.25) is 15.0 Å². The number of aliphatic hydroxyl groups is 1. The molecule has 3 aromatic rings. The number of benzene rings is 2. The van der Waals surface area contributed by atoms with Gasteiger partial charge in [0.2, 0.25) is 5.88 Å². The molecule has 2 amide bonds. The fourth-order valence-electron chi connectivity index (χ4n) is 4.23. The van der Waals surface area contributed by atoms with Gasteiger partial charge in [-0.2, -0.15) is 0 Å². The summed E-state index contributed by atoms with van der Waals surface area (Å²) in [7, 11) is 1.39. The van der Waals surface area contributed by atoms with E-state index in [4.69, 9.17) is 15.9 Å². The number of nitrogens with one attached hydrogen (secondary N) is 3. The molecule has 3 rings (SSSR count). The molecule has 0 radical (unpaired) electrons. The molecule has 1 heterocycles. The Morgan fingerprint density at radius 1 is 1.02 bits per heavy atom. The van der Waals surface area contributed by atoms with Gasteiger partial charge in [0, 0.05) is 28.4 Å². The molecule has 0 saturated carbocycles. The third-order valence-electron chi connectivity index (χ3n) is 6.19. The Balaban J connectivity index is 2.05. The molecule has 11 heteroatoms. The molecule has 0 fully saturated rings. The van der Waals surface area contributed by atoms with E-state index in [2.05, 4.69) is 15.6 Å². The summed E-state index contributed by atoms with van der Waals surface area (Å²) >= 11 is 0. The first-order valence-corrected chi connectivity index (χ1v) is 12.6. The molecule has 11 nitrogen and oxygen atoms in total. The standard InChI is InChI=1S/C29H33N5O6/c1-15(2)11-19(14-35)33-27(36)21-13-23(29(38)39)22(12-16(21)3)20-9-10-24(40-4)34-25(20)28(37)32-18-7-5-17(6-8-18)26(30)31/h5-10,12-13,15,19,35H,11,14H2,1-4H3,(H3,30,31)(H,32,37)(H,33,36)(H,38,39)/t19-/m0/s1. The topological polar surface area (TPSA) is 188 Å². The van der Waals surface area contributed by atoms with Crippen molar-refractivity contribution in [2.45, 2.75) is 33.2 Å². The van der Waals surface area contributed by atoms with Crippen LogP contribution in [-0.4, -0.2) is 58.6 Å². The van der Waals surface area contributed by atoms with Gasteiger partial charge in [-0.1, -0.05) is 13.8 Å². The maximum Gasteiger partial charge on any atom is 0.336 e. The van der Waals surface area contributed by atoms with E-state index in [1.807, 2.05) is 13.8 Å². The van der Waals surface area contributed by atoms with Crippen LogP contribution in [0.3, 0.4) is 0 Å². The summed E-state index contributed by atoms with van der Waals surface area (Å²) in [6.07, 6.45) is 0.554. The van der Waals surface area contributed by atoms with Crippen LogP contribution < -0.4 is 21.1 Å². The van der Waals surface area contributed by atoms with E-state index in [0.29, 0.717) is 23.2 Å². The second kappa shape index (κ2) is 12.9. The van der Waals surface area contributed by atoms with Crippen LogP contribution in [0.5, 0.6) is 5.88 Å². The molecule has 7 N–H and O–H groups in total. The van der Waals surface area contributed by atoms with Crippen LogP contribution in [0.25, 0.3) is 11.1 Å². The number of carboxylic acid groups (broad SMARTS) is 1. The minimum Gasteiger partial charge on any atom is -0.481 e. The Morgan fingerprint density at radius 2 is 1.70 bits per heavy atom. The largest absolute Gasteiger partial charge is 0.481 e. The lowest BCUT2D eigenvalue weighted by atomic mass is 9.92. The third kappa shape index (κ3) is 7.00. The van der Waals surface area contributed by atoms with Gasteiger partial charge in [0.1, 0.15) is 11.5 Å². The number of anilines is 1. The van der Waals surface area contributed by atoms with Crippen LogP contribution in [0.1, 0.15) is 62.6 Å². The highest BCUT2D eigenvalue weighted by atomic mass is 16.5. The highest BCUT2D eigenvalue weighted by Gasteiger charge is 2.24. The molecule has 0 bridgehead atoms. The van der Waals surface area contributed by atoms with Crippen LogP contribution in [0.4, 0.5) is 5.69 Å². The van der Waals surface area contributed by atoms with E-state index >= 15 is 0 Å². The minimum atomic E-state index is -1.30. The van der Waals surface area contributed by atoms with Gasteiger partial charge in [-0.25, -0.2) is 9.78 Å². The number of nitrogen functional groups attached to an aromatic ring is 1. The number of pyridine rings is 1. The average molecular weight is 548 g/mol. The summed E-state index contributed by atoms with van der Waals surface area (Å²) in [5.74, 6) is -2.17. The van der Waals surface area contributed by atoms with Gasteiger partial charge >= 0.3 is 5.97 Å². The number of methoxy groups -OCH3 is 1. The molecule has 0 spiro atoms. The smallest absolute Gasteiger partial charge is 0.336 e. The predicted molar refractivity (Wildman–Crippen MR) is 151 cm³/mol. The molecule has 40 heavy (non-hydrogen) atoms. The molecular weight excluding hydrogens is 514 g/mol. The van der Waals surface area contributed by atoms with Crippen molar-refractivity contribution in [2.75, 3.05) is 19.0 Å². The number of carboxylic acids is 1. The van der Waals surface area contributed by atoms with Crippen molar-refractivity contribution < 1.29 is 29.3 Å². The maximum absolute atomic E-state index is 13.3. The number of aromatic nitrogens is 1. The van der Waals surface area contributed by atoms with Crippen LogP contribution >= 0.6 is 0 Å². The Hall–Kier alpha value is -4.77. The van der Waals surface area contributed by atoms with Crippen molar-refractivity contribution in [1.29, 1.82) is 5.41 Å². The number of aromatic carboxylic acids is 1. The normalized spacial score (nSPS) is 11.6. The van der Waals surface area contributed by atoms with Crippen LogP contribution in [-0.2, 0) is 0 Å². The Labute approximate surface area is 231 Å². The van der Waals surface area contributed by atoms with E-state index in [0.717, 1.165) is 0 Å². The van der Waals surface area contributed by atoms with Gasteiger partial charge in [0.25, 0.3) is 11.8 Å². The Bertz CT molecular complexity index is 1440. The van der Waals surface area contributed by atoms with E-state index < -0.39 is 23.8 Å². The SMILES string of the molecule is COc1ccc(-c2cc(C)c(C(=O)N[C@H](CO)CC(C)C)cc2C(=O)O)c(C(=O)Nc2ccc(C(=N)N)cc2)n1. The van der Waals surface area contributed by atoms with Crippen molar-refractivity contribution in [3.63, 3.8) is 0 Å². The number of nitrogens with two attached hydrogens (primary N) is 1. The number of hydrogen-bond acceptors (Lipinski definition) is 7. The predicted octanol–water partition coefficient (Wildman–Crippen LogP) is 3.44. The highest BCUT2D eigenvalue weighted by molar-refractivity contribution is 6.10. The zero-order chi connectivity index (χ0) is 29.6. The van der Waals surface area contributed by atoms with E-state index in [1.54, 1.807) is 31.2 Å². The fourth-order valence-corrected chi connectivity index (χ4v) is 4.23. The number of carbonyl (C=O) groups excluding carboxylic acids is 2. The number of nitrogens with zero attached hydrogens (tertiary/aromatic N) is 1. The number of amides is 2. The van der Waals surface area contributed by atoms with Gasteiger partial charge in [0.15, 0.2) is 0 Å². The average Bonchev–Trinajstić information content (AvgIpc) is 2.91. The number of aryl methyl sites for hydroxylation is 1. The monoisotopic (exact) mass is 547 g/mol. The molecule has 1 atom stereocenters. The lowest BCUT2D eigenvalue weighted by Gasteiger charge is -2.20. The van der Waals surface area contributed by atoms with Crippen LogP contribution in [0.2, 0.25) is 0 Å². The molecular formula is C29H33N5O6. The number of carbonyl (C=O) groups is 3.